The fourth-order valence-corrected chi connectivity index (χ4v) is 2.79. The van der Waals surface area contributed by atoms with Crippen LogP contribution in [-0.2, 0) is 11.2 Å². The molecule has 0 saturated carbocycles. The van der Waals surface area contributed by atoms with Crippen LogP contribution >= 0.6 is 0 Å². The van der Waals surface area contributed by atoms with Crippen molar-refractivity contribution in [2.45, 2.75) is 18.9 Å². The monoisotopic (exact) mass is 323 g/mol. The molecule has 1 unspecified atom stereocenters. The van der Waals surface area contributed by atoms with Gasteiger partial charge in [-0.2, -0.15) is 5.26 Å². The molecule has 0 fully saturated rings. The second kappa shape index (κ2) is 7.39. The van der Waals surface area contributed by atoms with E-state index in [0.29, 0.717) is 12.2 Å². The molecule has 1 aromatic carbocycles. The minimum Gasteiger partial charge on any atom is -0.372 e. The van der Waals surface area contributed by atoms with Gasteiger partial charge in [-0.1, -0.05) is 0 Å². The minimum atomic E-state index is 0.0297. The number of nitrogens with one attached hydrogen (secondary N) is 1. The molecular formula is C18H21N5O. The van der Waals surface area contributed by atoms with Gasteiger partial charge in [-0.05, 0) is 51.2 Å². The number of likely N-dealkylation sites (N-methyl/N-ethyl adjacent to an activating group) is 1. The average molecular weight is 323 g/mol. The minimum absolute atomic E-state index is 0.0297. The van der Waals surface area contributed by atoms with Gasteiger partial charge in [0.05, 0.1) is 30.0 Å². The number of hydrogen-bond donors (Lipinski definition) is 1. The summed E-state index contributed by atoms with van der Waals surface area (Å²) in [5, 5.41) is 12.2. The van der Waals surface area contributed by atoms with Gasteiger partial charge in [0.2, 0.25) is 0 Å². The Morgan fingerprint density at radius 1 is 1.29 bits per heavy atom. The van der Waals surface area contributed by atoms with E-state index in [-0.39, 0.29) is 6.10 Å². The van der Waals surface area contributed by atoms with E-state index in [1.807, 2.05) is 26.2 Å². The lowest BCUT2D eigenvalue weighted by Crippen LogP contribution is -2.19. The first-order chi connectivity index (χ1) is 11.7. The zero-order chi connectivity index (χ0) is 16.9. The van der Waals surface area contributed by atoms with Gasteiger partial charge in [0, 0.05) is 17.8 Å². The summed E-state index contributed by atoms with van der Waals surface area (Å²) >= 11 is 0. The lowest BCUT2D eigenvalue weighted by molar-refractivity contribution is 0.0450. The van der Waals surface area contributed by atoms with E-state index in [1.165, 1.54) is 0 Å². The summed E-state index contributed by atoms with van der Waals surface area (Å²) in [6.07, 6.45) is 3.46. The predicted molar refractivity (Wildman–Crippen MR) is 92.0 cm³/mol. The van der Waals surface area contributed by atoms with Gasteiger partial charge in [0.15, 0.2) is 0 Å². The lowest BCUT2D eigenvalue weighted by Gasteiger charge is -2.18. The van der Waals surface area contributed by atoms with Crippen molar-refractivity contribution in [3.05, 3.63) is 47.4 Å². The van der Waals surface area contributed by atoms with Crippen LogP contribution in [0.4, 0.5) is 11.5 Å². The molecule has 1 N–H and O–H groups in total. The van der Waals surface area contributed by atoms with Crippen molar-refractivity contribution in [3.63, 3.8) is 0 Å². The third-order valence-electron chi connectivity index (χ3n) is 4.07. The number of hydrogen-bond acceptors (Lipinski definition) is 6. The first-order valence-corrected chi connectivity index (χ1v) is 8.04. The lowest BCUT2D eigenvalue weighted by atomic mass is 10.2. The number of nitriles is 1. The van der Waals surface area contributed by atoms with Crippen LogP contribution in [0.1, 0.15) is 29.3 Å². The van der Waals surface area contributed by atoms with Crippen LogP contribution in [0.2, 0.25) is 0 Å². The zero-order valence-corrected chi connectivity index (χ0v) is 14.0. The van der Waals surface area contributed by atoms with Crippen molar-refractivity contribution in [2.24, 2.45) is 0 Å². The van der Waals surface area contributed by atoms with E-state index in [9.17, 15) is 0 Å². The van der Waals surface area contributed by atoms with Crippen LogP contribution in [-0.4, -0.2) is 42.1 Å². The zero-order valence-electron chi connectivity index (χ0n) is 14.0. The summed E-state index contributed by atoms with van der Waals surface area (Å²) in [5.74, 6) is 0.789. The van der Waals surface area contributed by atoms with Gasteiger partial charge in [-0.25, -0.2) is 9.97 Å². The summed E-state index contributed by atoms with van der Waals surface area (Å²) in [6.45, 7) is 1.57. The summed E-state index contributed by atoms with van der Waals surface area (Å²) < 4.78 is 6.05. The molecule has 1 aromatic heterocycles. The van der Waals surface area contributed by atoms with Crippen molar-refractivity contribution in [1.29, 1.82) is 5.26 Å². The van der Waals surface area contributed by atoms with E-state index in [4.69, 9.17) is 10.00 Å². The number of anilines is 2. The molecule has 3 rings (SSSR count). The molecule has 0 amide bonds. The van der Waals surface area contributed by atoms with E-state index in [1.54, 1.807) is 18.5 Å². The van der Waals surface area contributed by atoms with Gasteiger partial charge in [-0.3, -0.25) is 0 Å². The highest BCUT2D eigenvalue weighted by atomic mass is 16.5. The number of benzene rings is 1. The van der Waals surface area contributed by atoms with Crippen LogP contribution in [0.5, 0.6) is 0 Å². The highest BCUT2D eigenvalue weighted by Crippen LogP contribution is 2.37. The van der Waals surface area contributed by atoms with Crippen LogP contribution < -0.4 is 5.32 Å². The summed E-state index contributed by atoms with van der Waals surface area (Å²) in [7, 11) is 4.07. The first kappa shape index (κ1) is 16.4. The van der Waals surface area contributed by atoms with E-state index < -0.39 is 0 Å². The van der Waals surface area contributed by atoms with Crippen molar-refractivity contribution < 1.29 is 4.74 Å². The summed E-state index contributed by atoms with van der Waals surface area (Å²) in [4.78, 5) is 10.9. The van der Waals surface area contributed by atoms with Crippen LogP contribution in [0.25, 0.3) is 0 Å². The second-order valence-corrected chi connectivity index (χ2v) is 6.10. The SMILES string of the molecule is CN(C)CCOC1CCc2ncnc(Nc3ccc(C#N)cc3)c21. The molecule has 1 aliphatic rings. The second-order valence-electron chi connectivity index (χ2n) is 6.10. The molecule has 0 spiro atoms. The number of ether oxygens (including phenoxy) is 1. The molecule has 1 aliphatic carbocycles. The molecule has 124 valence electrons. The van der Waals surface area contributed by atoms with Crippen molar-refractivity contribution in [2.75, 3.05) is 32.6 Å². The Balaban J connectivity index is 1.77. The maximum Gasteiger partial charge on any atom is 0.139 e. The van der Waals surface area contributed by atoms with Gasteiger partial charge in [0.25, 0.3) is 0 Å². The van der Waals surface area contributed by atoms with Gasteiger partial charge in [-0.15, -0.1) is 0 Å². The smallest absolute Gasteiger partial charge is 0.139 e. The molecule has 2 aromatic rings. The number of fused-ring (bicyclic) bond motifs is 1. The molecule has 1 heterocycles. The van der Waals surface area contributed by atoms with E-state index >= 15 is 0 Å². The summed E-state index contributed by atoms with van der Waals surface area (Å²) in [6, 6.07) is 9.45. The number of aromatic nitrogens is 2. The van der Waals surface area contributed by atoms with Crippen LogP contribution in [0.15, 0.2) is 30.6 Å². The fraction of sp³-hybridized carbons (Fsp3) is 0.389. The molecule has 6 heteroatoms. The van der Waals surface area contributed by atoms with Crippen molar-refractivity contribution in [3.8, 4) is 6.07 Å². The third-order valence-corrected chi connectivity index (χ3v) is 4.07. The molecular weight excluding hydrogens is 302 g/mol. The van der Waals surface area contributed by atoms with Gasteiger partial charge < -0.3 is 15.0 Å². The fourth-order valence-electron chi connectivity index (χ4n) is 2.79. The third kappa shape index (κ3) is 3.70. The molecule has 0 bridgehead atoms. The van der Waals surface area contributed by atoms with Crippen molar-refractivity contribution in [1.82, 2.24) is 14.9 Å². The number of aryl methyl sites for hydroxylation is 1. The van der Waals surface area contributed by atoms with Gasteiger partial charge >= 0.3 is 0 Å². The molecule has 0 aliphatic heterocycles. The summed E-state index contributed by atoms with van der Waals surface area (Å²) in [5.41, 5.74) is 3.64. The Kier molecular flexibility index (Phi) is 5.04. The predicted octanol–water partition coefficient (Wildman–Crippen LogP) is 2.66. The Hall–Kier alpha value is -2.49. The standard InChI is InChI=1S/C18H21N5O/c1-23(2)9-10-24-16-8-7-15-17(16)18(21-12-20-15)22-14-5-3-13(11-19)4-6-14/h3-6,12,16H,7-10H2,1-2H3,(H,20,21,22). The Morgan fingerprint density at radius 3 is 2.79 bits per heavy atom. The average Bonchev–Trinajstić information content (AvgIpc) is 3.00. The normalized spacial score (nSPS) is 16.0. The first-order valence-electron chi connectivity index (χ1n) is 8.04. The molecule has 0 saturated heterocycles. The quantitative estimate of drug-likeness (QED) is 0.881. The van der Waals surface area contributed by atoms with E-state index in [2.05, 4.69) is 26.3 Å². The van der Waals surface area contributed by atoms with Crippen molar-refractivity contribution >= 4 is 11.5 Å². The highest BCUT2D eigenvalue weighted by Gasteiger charge is 2.28. The molecule has 24 heavy (non-hydrogen) atoms. The topological polar surface area (TPSA) is 74.1 Å². The number of rotatable bonds is 6. The van der Waals surface area contributed by atoms with Crippen LogP contribution in [0.3, 0.4) is 0 Å². The highest BCUT2D eigenvalue weighted by molar-refractivity contribution is 5.62. The number of nitrogens with zero attached hydrogens (tertiary/aromatic N) is 4. The Labute approximate surface area is 142 Å². The maximum absolute atomic E-state index is 8.89. The molecule has 6 nitrogen and oxygen atoms in total. The largest absolute Gasteiger partial charge is 0.372 e. The maximum atomic E-state index is 8.89. The Bertz CT molecular complexity index is 736. The molecule has 0 radical (unpaired) electrons. The van der Waals surface area contributed by atoms with Gasteiger partial charge in [0.1, 0.15) is 12.1 Å². The molecule has 1 atom stereocenters. The Morgan fingerprint density at radius 2 is 2.08 bits per heavy atom. The van der Waals surface area contributed by atoms with Crippen LogP contribution in [0, 0.1) is 11.3 Å². The van der Waals surface area contributed by atoms with E-state index in [0.717, 1.165) is 42.1 Å².